The number of rotatable bonds is 5. The van der Waals surface area contributed by atoms with Crippen molar-refractivity contribution < 1.29 is 18.0 Å². The monoisotopic (exact) mass is 496 g/mol. The number of carbonyl (C=O) groups is 2. The Morgan fingerprint density at radius 1 is 1.03 bits per heavy atom. The molecular formula is C21H28N4O4S3. The van der Waals surface area contributed by atoms with Gasteiger partial charge in [0.05, 0.1) is 11.3 Å². The van der Waals surface area contributed by atoms with Crippen LogP contribution >= 0.6 is 22.7 Å². The number of hydrogen-bond acceptors (Lipinski definition) is 7. The molecule has 0 spiro atoms. The molecule has 0 atom stereocenters. The van der Waals surface area contributed by atoms with Crippen LogP contribution in [0.25, 0.3) is 0 Å². The van der Waals surface area contributed by atoms with Crippen LogP contribution in [0.15, 0.2) is 21.0 Å². The molecule has 4 rings (SSSR count). The van der Waals surface area contributed by atoms with Crippen LogP contribution in [-0.2, 0) is 14.8 Å². The fourth-order valence-corrected chi connectivity index (χ4v) is 7.59. The minimum Gasteiger partial charge on any atom is -0.339 e. The van der Waals surface area contributed by atoms with Gasteiger partial charge in [-0.15, -0.1) is 22.7 Å². The van der Waals surface area contributed by atoms with Crippen LogP contribution in [0.5, 0.6) is 0 Å². The molecule has 11 heteroatoms. The van der Waals surface area contributed by atoms with E-state index in [0.717, 1.165) is 55.8 Å². The van der Waals surface area contributed by atoms with Crippen molar-refractivity contribution in [2.24, 2.45) is 5.92 Å². The molecule has 0 saturated carbocycles. The normalized spacial score (nSPS) is 19.0. The number of thiophene rings is 1. The highest BCUT2D eigenvalue weighted by molar-refractivity contribution is 7.91. The second kappa shape index (κ2) is 9.98. The maximum Gasteiger partial charge on any atom is 0.254 e. The summed E-state index contributed by atoms with van der Waals surface area (Å²) in [5.74, 6) is -0.440. The smallest absolute Gasteiger partial charge is 0.254 e. The molecule has 2 amide bonds. The molecular weight excluding hydrogens is 468 g/mol. The summed E-state index contributed by atoms with van der Waals surface area (Å²) >= 11 is 2.48. The SMILES string of the molecule is Cc1csc(NC(=O)C2CCN(S(=O)(=O)c3cc(C(=O)N4CCCCCC4)cs3)CC2)n1. The molecule has 32 heavy (non-hydrogen) atoms. The summed E-state index contributed by atoms with van der Waals surface area (Å²) in [7, 11) is -3.68. The molecule has 1 N–H and O–H groups in total. The first-order valence-electron chi connectivity index (χ1n) is 11.0. The molecule has 8 nitrogen and oxygen atoms in total. The van der Waals surface area contributed by atoms with Gasteiger partial charge in [-0.3, -0.25) is 9.59 Å². The molecule has 2 aromatic rings. The van der Waals surface area contributed by atoms with Crippen molar-refractivity contribution in [2.45, 2.75) is 49.7 Å². The number of amides is 2. The number of aryl methyl sites for hydroxylation is 1. The van der Waals surface area contributed by atoms with Crippen LogP contribution < -0.4 is 5.32 Å². The summed E-state index contributed by atoms with van der Waals surface area (Å²) in [6, 6.07) is 1.51. The lowest BCUT2D eigenvalue weighted by atomic mass is 9.97. The van der Waals surface area contributed by atoms with Gasteiger partial charge in [0.1, 0.15) is 4.21 Å². The van der Waals surface area contributed by atoms with Crippen molar-refractivity contribution in [3.63, 3.8) is 0 Å². The first-order chi connectivity index (χ1) is 15.3. The number of carbonyl (C=O) groups excluding carboxylic acids is 2. The molecule has 2 aliphatic heterocycles. The Labute approximate surface area is 196 Å². The van der Waals surface area contributed by atoms with Crippen molar-refractivity contribution in [1.29, 1.82) is 0 Å². The average Bonchev–Trinajstić information content (AvgIpc) is 3.35. The molecule has 0 bridgehead atoms. The number of hydrogen-bond donors (Lipinski definition) is 1. The third-order valence-electron chi connectivity index (χ3n) is 5.98. The van der Waals surface area contributed by atoms with E-state index in [2.05, 4.69) is 10.3 Å². The van der Waals surface area contributed by atoms with E-state index in [1.165, 1.54) is 21.7 Å². The Morgan fingerprint density at radius 3 is 2.34 bits per heavy atom. The number of sulfonamides is 1. The van der Waals surface area contributed by atoms with Crippen LogP contribution in [0.4, 0.5) is 5.13 Å². The van der Waals surface area contributed by atoms with Gasteiger partial charge in [0.25, 0.3) is 15.9 Å². The van der Waals surface area contributed by atoms with Crippen molar-refractivity contribution in [3.05, 3.63) is 28.1 Å². The minimum atomic E-state index is -3.68. The quantitative estimate of drug-likeness (QED) is 0.682. The van der Waals surface area contributed by atoms with Gasteiger partial charge in [-0.05, 0) is 38.7 Å². The maximum atomic E-state index is 13.1. The van der Waals surface area contributed by atoms with E-state index in [0.29, 0.717) is 23.5 Å². The van der Waals surface area contributed by atoms with E-state index in [9.17, 15) is 18.0 Å². The highest BCUT2D eigenvalue weighted by Crippen LogP contribution is 2.29. The molecule has 2 aliphatic rings. The lowest BCUT2D eigenvalue weighted by Gasteiger charge is -2.29. The van der Waals surface area contributed by atoms with Crippen molar-refractivity contribution in [3.8, 4) is 0 Å². The number of likely N-dealkylation sites (tertiary alicyclic amines) is 1. The Kier molecular flexibility index (Phi) is 7.28. The minimum absolute atomic E-state index is 0.0857. The first-order valence-corrected chi connectivity index (χ1v) is 14.2. The number of anilines is 1. The highest BCUT2D eigenvalue weighted by Gasteiger charge is 2.33. The van der Waals surface area contributed by atoms with E-state index in [4.69, 9.17) is 0 Å². The van der Waals surface area contributed by atoms with Crippen molar-refractivity contribution in [1.82, 2.24) is 14.2 Å². The fraction of sp³-hybridized carbons (Fsp3) is 0.571. The largest absolute Gasteiger partial charge is 0.339 e. The molecule has 0 unspecified atom stereocenters. The van der Waals surface area contributed by atoms with Gasteiger partial charge < -0.3 is 10.2 Å². The molecule has 2 fully saturated rings. The van der Waals surface area contributed by atoms with Crippen LogP contribution in [0.3, 0.4) is 0 Å². The van der Waals surface area contributed by atoms with E-state index < -0.39 is 10.0 Å². The molecule has 2 aromatic heterocycles. The Hall–Kier alpha value is -1.82. The lowest BCUT2D eigenvalue weighted by molar-refractivity contribution is -0.120. The van der Waals surface area contributed by atoms with Crippen LogP contribution in [0, 0.1) is 12.8 Å². The van der Waals surface area contributed by atoms with Gasteiger partial charge in [0.2, 0.25) is 5.91 Å². The van der Waals surface area contributed by atoms with Crippen LogP contribution in [-0.4, -0.2) is 60.6 Å². The van der Waals surface area contributed by atoms with Gasteiger partial charge in [-0.2, -0.15) is 4.31 Å². The van der Waals surface area contributed by atoms with Gasteiger partial charge in [-0.1, -0.05) is 12.8 Å². The standard InChI is InChI=1S/C21H28N4O4S3/c1-15-13-31-21(22-15)23-19(26)16-6-10-25(11-7-16)32(28,29)18-12-17(14-30-18)20(27)24-8-4-2-3-5-9-24/h12-14,16H,2-11H2,1H3,(H,22,23,26). The molecule has 2 saturated heterocycles. The van der Waals surface area contributed by atoms with E-state index in [1.54, 1.807) is 5.38 Å². The van der Waals surface area contributed by atoms with E-state index in [-0.39, 0.29) is 35.0 Å². The van der Waals surface area contributed by atoms with Gasteiger partial charge >= 0.3 is 0 Å². The van der Waals surface area contributed by atoms with Crippen LogP contribution in [0.2, 0.25) is 0 Å². The van der Waals surface area contributed by atoms with E-state index >= 15 is 0 Å². The number of nitrogens with zero attached hydrogens (tertiary/aromatic N) is 3. The Morgan fingerprint density at radius 2 is 1.72 bits per heavy atom. The predicted molar refractivity (Wildman–Crippen MR) is 126 cm³/mol. The van der Waals surface area contributed by atoms with Crippen LogP contribution in [0.1, 0.15) is 54.6 Å². The Bertz CT molecular complexity index is 1060. The highest BCUT2D eigenvalue weighted by atomic mass is 32.2. The third-order valence-corrected chi connectivity index (χ3v) is 10.2. The predicted octanol–water partition coefficient (Wildman–Crippen LogP) is 3.57. The van der Waals surface area contributed by atoms with Gasteiger partial charge in [-0.25, -0.2) is 13.4 Å². The lowest BCUT2D eigenvalue weighted by Crippen LogP contribution is -2.41. The molecule has 4 heterocycles. The van der Waals surface area contributed by atoms with Gasteiger partial charge in [0.15, 0.2) is 5.13 Å². The van der Waals surface area contributed by atoms with Crippen molar-refractivity contribution in [2.75, 3.05) is 31.5 Å². The summed E-state index contributed by atoms with van der Waals surface area (Å²) in [5.41, 5.74) is 1.30. The topological polar surface area (TPSA) is 99.7 Å². The zero-order valence-corrected chi connectivity index (χ0v) is 20.5. The average molecular weight is 497 g/mol. The summed E-state index contributed by atoms with van der Waals surface area (Å²) < 4.78 is 27.9. The van der Waals surface area contributed by atoms with E-state index in [1.807, 2.05) is 17.2 Å². The number of piperidine rings is 1. The molecule has 0 aliphatic carbocycles. The zero-order valence-electron chi connectivity index (χ0n) is 18.1. The second-order valence-corrected chi connectivity index (χ2v) is 12.3. The number of thiazole rings is 1. The summed E-state index contributed by atoms with van der Waals surface area (Å²) in [5, 5.41) is 6.92. The maximum absolute atomic E-state index is 13.1. The zero-order chi connectivity index (χ0) is 22.7. The second-order valence-electron chi connectivity index (χ2n) is 8.32. The Balaban J connectivity index is 1.36. The number of aromatic nitrogens is 1. The van der Waals surface area contributed by atoms with Crippen molar-refractivity contribution >= 4 is 49.6 Å². The summed E-state index contributed by atoms with van der Waals surface area (Å²) in [4.78, 5) is 31.4. The summed E-state index contributed by atoms with van der Waals surface area (Å²) in [6.07, 6.45) is 5.16. The number of nitrogens with one attached hydrogen (secondary N) is 1. The fourth-order valence-electron chi connectivity index (χ4n) is 4.12. The third kappa shape index (κ3) is 5.22. The molecule has 174 valence electrons. The molecule has 0 radical (unpaired) electrons. The molecule has 0 aromatic carbocycles. The first kappa shape index (κ1) is 23.3. The van der Waals surface area contributed by atoms with Gasteiger partial charge in [0, 0.05) is 42.9 Å². The summed E-state index contributed by atoms with van der Waals surface area (Å²) in [6.45, 7) is 3.89.